The number of aryl methyl sites for hydroxylation is 1. The third kappa shape index (κ3) is 4.10. The summed E-state index contributed by atoms with van der Waals surface area (Å²) in [6.07, 6.45) is 0. The molecule has 0 bridgehead atoms. The van der Waals surface area contributed by atoms with Gasteiger partial charge in [-0.05, 0) is 35.4 Å². The molecule has 0 saturated heterocycles. The van der Waals surface area contributed by atoms with Gasteiger partial charge in [0.1, 0.15) is 5.75 Å². The Bertz CT molecular complexity index is 952. The Labute approximate surface area is 150 Å². The average molecular weight is 349 g/mol. The minimum Gasteiger partial charge on any atom is -0.507 e. The maximum atomic E-state index is 12.2. The first-order valence-electron chi connectivity index (χ1n) is 8.14. The molecule has 0 aliphatic rings. The Morgan fingerprint density at radius 1 is 0.923 bits per heavy atom. The van der Waals surface area contributed by atoms with Crippen LogP contribution >= 0.6 is 0 Å². The maximum absolute atomic E-state index is 12.2. The summed E-state index contributed by atoms with van der Waals surface area (Å²) in [6.45, 7) is 2.32. The van der Waals surface area contributed by atoms with Crippen LogP contribution in [0.4, 0.5) is 4.79 Å². The minimum absolute atomic E-state index is 0.0857. The van der Waals surface area contributed by atoms with Crippen molar-refractivity contribution in [1.29, 1.82) is 0 Å². The van der Waals surface area contributed by atoms with E-state index in [1.54, 1.807) is 6.07 Å². The van der Waals surface area contributed by atoms with Gasteiger partial charge in [-0.3, -0.25) is 10.2 Å². The Kier molecular flexibility index (Phi) is 5.03. The van der Waals surface area contributed by atoms with Crippen LogP contribution in [0.5, 0.6) is 5.75 Å². The van der Waals surface area contributed by atoms with Crippen molar-refractivity contribution in [3.63, 3.8) is 0 Å². The lowest BCUT2D eigenvalue weighted by Crippen LogP contribution is -2.46. The summed E-state index contributed by atoms with van der Waals surface area (Å²) in [6, 6.07) is 17.7. The first kappa shape index (κ1) is 17.3. The lowest BCUT2D eigenvalue weighted by molar-refractivity contribution is 0.0933. The molecule has 3 amide bonds. The number of fused-ring (bicyclic) bond motifs is 1. The number of hydrogen-bond donors (Lipinski definition) is 4. The molecule has 0 heterocycles. The van der Waals surface area contributed by atoms with Crippen LogP contribution < -0.4 is 16.2 Å². The fourth-order valence-corrected chi connectivity index (χ4v) is 2.52. The van der Waals surface area contributed by atoms with E-state index >= 15 is 0 Å². The molecular formula is C20H19N3O3. The summed E-state index contributed by atoms with van der Waals surface area (Å²) >= 11 is 0. The van der Waals surface area contributed by atoms with Gasteiger partial charge in [0.05, 0.1) is 5.56 Å². The van der Waals surface area contributed by atoms with Crippen LogP contribution in [-0.2, 0) is 6.54 Å². The molecule has 26 heavy (non-hydrogen) atoms. The second-order valence-corrected chi connectivity index (χ2v) is 5.96. The number of amides is 3. The van der Waals surface area contributed by atoms with Gasteiger partial charge in [0, 0.05) is 6.54 Å². The molecule has 6 heteroatoms. The number of rotatable bonds is 3. The molecule has 0 aliphatic heterocycles. The topological polar surface area (TPSA) is 90.5 Å². The average Bonchev–Trinajstić information content (AvgIpc) is 2.65. The van der Waals surface area contributed by atoms with Gasteiger partial charge in [0.25, 0.3) is 5.91 Å². The molecule has 0 spiro atoms. The van der Waals surface area contributed by atoms with E-state index in [9.17, 15) is 14.7 Å². The zero-order chi connectivity index (χ0) is 18.5. The second-order valence-electron chi connectivity index (χ2n) is 5.96. The summed E-state index contributed by atoms with van der Waals surface area (Å²) in [5, 5.41) is 14.3. The third-order valence-electron chi connectivity index (χ3n) is 3.97. The fraction of sp³-hybridized carbons (Fsp3) is 0.100. The van der Waals surface area contributed by atoms with E-state index in [4.69, 9.17) is 0 Å². The minimum atomic E-state index is -0.598. The fourth-order valence-electron chi connectivity index (χ4n) is 2.52. The van der Waals surface area contributed by atoms with E-state index in [-0.39, 0.29) is 11.3 Å². The molecule has 132 valence electrons. The van der Waals surface area contributed by atoms with Crippen molar-refractivity contribution < 1.29 is 14.7 Å². The number of aromatic hydroxyl groups is 1. The van der Waals surface area contributed by atoms with Gasteiger partial charge in [0.2, 0.25) is 0 Å². The molecule has 0 atom stereocenters. The highest BCUT2D eigenvalue weighted by molar-refractivity contribution is 6.01. The molecule has 0 fully saturated rings. The molecule has 3 aromatic rings. The van der Waals surface area contributed by atoms with Gasteiger partial charge in [-0.25, -0.2) is 10.2 Å². The quantitative estimate of drug-likeness (QED) is 0.548. The highest BCUT2D eigenvalue weighted by atomic mass is 16.3. The summed E-state index contributed by atoms with van der Waals surface area (Å²) in [7, 11) is 0. The molecule has 6 nitrogen and oxygen atoms in total. The Hall–Kier alpha value is -3.54. The SMILES string of the molecule is Cc1ccc(CNC(=O)NNC(=O)c2cc3ccccc3cc2O)cc1. The number of phenols is 1. The first-order valence-corrected chi connectivity index (χ1v) is 8.14. The van der Waals surface area contributed by atoms with Crippen LogP contribution in [0.3, 0.4) is 0 Å². The van der Waals surface area contributed by atoms with Crippen molar-refractivity contribution >= 4 is 22.7 Å². The number of benzene rings is 3. The highest BCUT2D eigenvalue weighted by Crippen LogP contribution is 2.24. The van der Waals surface area contributed by atoms with Crippen molar-refractivity contribution in [3.8, 4) is 5.75 Å². The normalized spacial score (nSPS) is 10.3. The molecule has 0 radical (unpaired) electrons. The van der Waals surface area contributed by atoms with Crippen molar-refractivity contribution in [2.75, 3.05) is 0 Å². The molecule has 4 N–H and O–H groups in total. The lowest BCUT2D eigenvalue weighted by Gasteiger charge is -2.11. The van der Waals surface area contributed by atoms with Crippen LogP contribution in [0.2, 0.25) is 0 Å². The Balaban J connectivity index is 1.57. The molecule has 0 saturated carbocycles. The van der Waals surface area contributed by atoms with Crippen molar-refractivity contribution in [2.45, 2.75) is 13.5 Å². The zero-order valence-electron chi connectivity index (χ0n) is 14.2. The molecule has 0 aliphatic carbocycles. The van der Waals surface area contributed by atoms with E-state index in [0.717, 1.165) is 21.9 Å². The van der Waals surface area contributed by atoms with Gasteiger partial charge >= 0.3 is 6.03 Å². The van der Waals surface area contributed by atoms with Crippen LogP contribution in [0, 0.1) is 6.92 Å². The number of carbonyl (C=O) groups is 2. The number of carbonyl (C=O) groups excluding carboxylic acids is 2. The molecular weight excluding hydrogens is 330 g/mol. The highest BCUT2D eigenvalue weighted by Gasteiger charge is 2.13. The molecule has 0 unspecified atom stereocenters. The van der Waals surface area contributed by atoms with Crippen molar-refractivity contribution in [2.24, 2.45) is 0 Å². The van der Waals surface area contributed by atoms with Gasteiger partial charge in [-0.15, -0.1) is 0 Å². The van der Waals surface area contributed by atoms with E-state index < -0.39 is 11.9 Å². The second kappa shape index (κ2) is 7.57. The maximum Gasteiger partial charge on any atom is 0.333 e. The number of nitrogens with one attached hydrogen (secondary N) is 3. The van der Waals surface area contributed by atoms with Gasteiger partial charge in [0.15, 0.2) is 0 Å². The summed E-state index contributed by atoms with van der Waals surface area (Å²) in [5.74, 6) is -0.748. The number of hydrogen-bond acceptors (Lipinski definition) is 3. The smallest absolute Gasteiger partial charge is 0.333 e. The number of urea groups is 1. The van der Waals surface area contributed by atoms with E-state index in [1.165, 1.54) is 6.07 Å². The first-order chi connectivity index (χ1) is 12.5. The van der Waals surface area contributed by atoms with Crippen molar-refractivity contribution in [1.82, 2.24) is 16.2 Å². The van der Waals surface area contributed by atoms with E-state index in [2.05, 4.69) is 16.2 Å². The summed E-state index contributed by atoms with van der Waals surface area (Å²) in [4.78, 5) is 24.0. The van der Waals surface area contributed by atoms with Crippen LogP contribution in [0.25, 0.3) is 10.8 Å². The number of phenolic OH excluding ortho intramolecular Hbond substituents is 1. The van der Waals surface area contributed by atoms with Crippen molar-refractivity contribution in [3.05, 3.63) is 77.4 Å². The number of hydrazine groups is 1. The molecule has 3 aromatic carbocycles. The lowest BCUT2D eigenvalue weighted by atomic mass is 10.1. The van der Waals surface area contributed by atoms with Crippen LogP contribution in [0.1, 0.15) is 21.5 Å². The van der Waals surface area contributed by atoms with Crippen LogP contribution in [0.15, 0.2) is 60.7 Å². The van der Waals surface area contributed by atoms with E-state index in [1.807, 2.05) is 55.5 Å². The Morgan fingerprint density at radius 2 is 1.58 bits per heavy atom. The van der Waals surface area contributed by atoms with Gasteiger partial charge in [-0.1, -0.05) is 54.1 Å². The molecule has 3 rings (SSSR count). The Morgan fingerprint density at radius 3 is 2.27 bits per heavy atom. The van der Waals surface area contributed by atoms with Gasteiger partial charge in [-0.2, -0.15) is 0 Å². The zero-order valence-corrected chi connectivity index (χ0v) is 14.2. The monoisotopic (exact) mass is 349 g/mol. The molecule has 0 aromatic heterocycles. The summed E-state index contributed by atoms with van der Waals surface area (Å²) < 4.78 is 0. The van der Waals surface area contributed by atoms with Crippen LogP contribution in [-0.4, -0.2) is 17.0 Å². The predicted octanol–water partition coefficient (Wildman–Crippen LogP) is 3.00. The standard InChI is InChI=1S/C20H19N3O3/c1-13-6-8-14(9-7-13)12-21-20(26)23-22-19(25)17-10-15-4-2-3-5-16(15)11-18(17)24/h2-11,24H,12H2,1H3,(H,22,25)(H2,21,23,26). The van der Waals surface area contributed by atoms with E-state index in [0.29, 0.717) is 6.54 Å². The predicted molar refractivity (Wildman–Crippen MR) is 99.6 cm³/mol. The van der Waals surface area contributed by atoms with Gasteiger partial charge < -0.3 is 10.4 Å². The summed E-state index contributed by atoms with van der Waals surface area (Å²) in [5.41, 5.74) is 6.74. The largest absolute Gasteiger partial charge is 0.507 e. The third-order valence-corrected chi connectivity index (χ3v) is 3.97.